The molecule has 1 N–H and O–H groups in total. The number of nitrogens with zero attached hydrogens (tertiary/aromatic N) is 2. The van der Waals surface area contributed by atoms with E-state index in [9.17, 15) is 13.2 Å². The Balaban J connectivity index is 1.88. The lowest BCUT2D eigenvalue weighted by Crippen LogP contribution is -2.39. The fraction of sp³-hybridized carbons (Fsp3) is 0.231. The van der Waals surface area contributed by atoms with Gasteiger partial charge in [-0.15, -0.1) is 0 Å². The molecule has 0 unspecified atom stereocenters. The van der Waals surface area contributed by atoms with Gasteiger partial charge in [-0.3, -0.25) is 9.10 Å². The van der Waals surface area contributed by atoms with E-state index >= 15 is 0 Å². The molecule has 196 valence electrons. The molecule has 0 aliphatic carbocycles. The fourth-order valence-corrected chi connectivity index (χ4v) is 5.03. The third kappa shape index (κ3) is 6.33. The predicted molar refractivity (Wildman–Crippen MR) is 144 cm³/mol. The number of halogens is 1. The standard InChI is InChI=1S/C26H28ClN3O6S/c1-17-6-10-21(14-18(17)2)30(37(32,33)22-11-8-20(27)9-12-22)16-24(31)29-28-15-19-7-13-23(34-3)26(36-5)25(19)35-4/h6-15H,16H2,1-5H3,(H,29,31)/b28-15-. The molecule has 1 amide bonds. The quantitative estimate of drug-likeness (QED) is 0.300. The summed E-state index contributed by atoms with van der Waals surface area (Å²) in [6, 6.07) is 14.3. The van der Waals surface area contributed by atoms with E-state index in [4.69, 9.17) is 25.8 Å². The van der Waals surface area contributed by atoms with E-state index in [2.05, 4.69) is 10.5 Å². The van der Waals surface area contributed by atoms with Crippen molar-refractivity contribution in [1.82, 2.24) is 5.43 Å². The second kappa shape index (κ2) is 12.0. The minimum absolute atomic E-state index is 0.00138. The summed E-state index contributed by atoms with van der Waals surface area (Å²) in [5.74, 6) is 0.556. The number of nitrogens with one attached hydrogen (secondary N) is 1. The van der Waals surface area contributed by atoms with Crippen LogP contribution in [-0.4, -0.2) is 48.4 Å². The van der Waals surface area contributed by atoms with Crippen LogP contribution in [0.4, 0.5) is 5.69 Å². The van der Waals surface area contributed by atoms with Crippen molar-refractivity contribution in [2.24, 2.45) is 5.10 Å². The van der Waals surface area contributed by atoms with Crippen molar-refractivity contribution in [3.63, 3.8) is 0 Å². The van der Waals surface area contributed by atoms with Gasteiger partial charge in [-0.25, -0.2) is 13.8 Å². The number of rotatable bonds is 10. The summed E-state index contributed by atoms with van der Waals surface area (Å²) in [7, 11) is 0.362. The van der Waals surface area contributed by atoms with Crippen LogP contribution in [0.25, 0.3) is 0 Å². The zero-order chi connectivity index (χ0) is 27.2. The topological polar surface area (TPSA) is 107 Å². The van der Waals surface area contributed by atoms with Crippen LogP contribution in [0.2, 0.25) is 5.02 Å². The van der Waals surface area contributed by atoms with E-state index in [1.807, 2.05) is 13.8 Å². The van der Waals surface area contributed by atoms with Crippen LogP contribution in [0.5, 0.6) is 17.2 Å². The smallest absolute Gasteiger partial charge is 0.264 e. The average molecular weight is 546 g/mol. The Morgan fingerprint density at radius 1 is 0.946 bits per heavy atom. The molecule has 0 saturated heterocycles. The molecule has 0 atom stereocenters. The molecule has 0 saturated carbocycles. The Morgan fingerprint density at radius 3 is 2.22 bits per heavy atom. The van der Waals surface area contributed by atoms with Gasteiger partial charge in [0.05, 0.1) is 38.1 Å². The number of sulfonamides is 1. The second-order valence-corrected chi connectivity index (χ2v) is 10.2. The number of carbonyl (C=O) groups is 1. The van der Waals surface area contributed by atoms with Crippen LogP contribution in [0.15, 0.2) is 64.6 Å². The Morgan fingerprint density at radius 2 is 1.62 bits per heavy atom. The Kier molecular flexibility index (Phi) is 9.01. The molecule has 11 heteroatoms. The maximum atomic E-state index is 13.5. The third-order valence-electron chi connectivity index (χ3n) is 5.59. The minimum atomic E-state index is -4.09. The number of amides is 1. The van der Waals surface area contributed by atoms with Crippen LogP contribution >= 0.6 is 11.6 Å². The average Bonchev–Trinajstić information content (AvgIpc) is 2.88. The molecule has 0 aliphatic heterocycles. The Labute approximate surface area is 221 Å². The number of hydrogen-bond acceptors (Lipinski definition) is 7. The summed E-state index contributed by atoms with van der Waals surface area (Å²) in [6.45, 7) is 3.28. The molecule has 0 aliphatic rings. The number of anilines is 1. The largest absolute Gasteiger partial charge is 0.493 e. The lowest BCUT2D eigenvalue weighted by molar-refractivity contribution is -0.119. The molecule has 0 radical (unpaired) electrons. The first-order chi connectivity index (χ1) is 17.6. The number of hydrazone groups is 1. The van der Waals surface area contributed by atoms with Crippen molar-refractivity contribution in [1.29, 1.82) is 0 Å². The lowest BCUT2D eigenvalue weighted by atomic mass is 10.1. The van der Waals surface area contributed by atoms with E-state index in [0.717, 1.165) is 15.4 Å². The third-order valence-corrected chi connectivity index (χ3v) is 7.63. The van der Waals surface area contributed by atoms with Crippen molar-refractivity contribution in [3.8, 4) is 17.2 Å². The summed E-state index contributed by atoms with van der Waals surface area (Å²) < 4.78 is 44.1. The molecule has 9 nitrogen and oxygen atoms in total. The lowest BCUT2D eigenvalue weighted by Gasteiger charge is -2.24. The van der Waals surface area contributed by atoms with Gasteiger partial charge in [0.15, 0.2) is 11.5 Å². The predicted octanol–water partition coefficient (Wildman–Crippen LogP) is 4.33. The molecule has 0 heterocycles. The van der Waals surface area contributed by atoms with Gasteiger partial charge in [-0.1, -0.05) is 17.7 Å². The first-order valence-corrected chi connectivity index (χ1v) is 12.9. The number of carbonyl (C=O) groups excluding carboxylic acids is 1. The number of aryl methyl sites for hydroxylation is 2. The first kappa shape index (κ1) is 27.8. The molecule has 37 heavy (non-hydrogen) atoms. The molecular weight excluding hydrogens is 518 g/mol. The van der Waals surface area contributed by atoms with Gasteiger partial charge in [0.2, 0.25) is 5.75 Å². The highest BCUT2D eigenvalue weighted by Crippen LogP contribution is 2.39. The summed E-state index contributed by atoms with van der Waals surface area (Å²) in [6.07, 6.45) is 1.37. The number of hydrogen-bond donors (Lipinski definition) is 1. The van der Waals surface area contributed by atoms with Crippen LogP contribution in [0.3, 0.4) is 0 Å². The zero-order valence-corrected chi connectivity index (χ0v) is 22.7. The van der Waals surface area contributed by atoms with E-state index in [0.29, 0.717) is 33.5 Å². The van der Waals surface area contributed by atoms with E-state index in [1.165, 1.54) is 51.8 Å². The summed E-state index contributed by atoms with van der Waals surface area (Å²) >= 11 is 5.93. The van der Waals surface area contributed by atoms with Gasteiger partial charge in [0.25, 0.3) is 15.9 Å². The Bertz CT molecular complexity index is 1410. The minimum Gasteiger partial charge on any atom is -0.493 e. The van der Waals surface area contributed by atoms with Crippen LogP contribution in [0.1, 0.15) is 16.7 Å². The number of ether oxygens (including phenoxy) is 3. The molecule has 0 fully saturated rings. The van der Waals surface area contributed by atoms with Gasteiger partial charge in [0, 0.05) is 10.6 Å². The Hall–Kier alpha value is -3.76. The van der Waals surface area contributed by atoms with Crippen LogP contribution in [-0.2, 0) is 14.8 Å². The summed E-state index contributed by atoms with van der Waals surface area (Å²) in [4.78, 5) is 12.9. The maximum absolute atomic E-state index is 13.5. The van der Waals surface area contributed by atoms with Crippen molar-refractivity contribution in [2.45, 2.75) is 18.7 Å². The van der Waals surface area contributed by atoms with Crippen LogP contribution in [0, 0.1) is 13.8 Å². The van der Waals surface area contributed by atoms with E-state index in [1.54, 1.807) is 30.3 Å². The maximum Gasteiger partial charge on any atom is 0.264 e. The van der Waals surface area contributed by atoms with Crippen LogP contribution < -0.4 is 23.9 Å². The van der Waals surface area contributed by atoms with Gasteiger partial charge >= 0.3 is 0 Å². The molecule has 0 spiro atoms. The van der Waals surface area contributed by atoms with Gasteiger partial charge in [0.1, 0.15) is 6.54 Å². The van der Waals surface area contributed by atoms with E-state index in [-0.39, 0.29) is 4.90 Å². The number of methoxy groups -OCH3 is 3. The molecular formula is C26H28ClN3O6S. The molecule has 3 rings (SSSR count). The molecule has 0 bridgehead atoms. The summed E-state index contributed by atoms with van der Waals surface area (Å²) in [5, 5.41) is 4.38. The van der Waals surface area contributed by atoms with Crippen molar-refractivity contribution < 1.29 is 27.4 Å². The van der Waals surface area contributed by atoms with Gasteiger partial charge in [-0.05, 0) is 73.5 Å². The van der Waals surface area contributed by atoms with Gasteiger partial charge in [-0.2, -0.15) is 5.10 Å². The first-order valence-electron chi connectivity index (χ1n) is 11.1. The SMILES string of the molecule is COc1ccc(/C=N\NC(=O)CN(c2ccc(C)c(C)c2)S(=O)(=O)c2ccc(Cl)cc2)c(OC)c1OC. The second-order valence-electron chi connectivity index (χ2n) is 7.95. The monoisotopic (exact) mass is 545 g/mol. The highest BCUT2D eigenvalue weighted by atomic mass is 35.5. The number of benzene rings is 3. The van der Waals surface area contributed by atoms with Crippen molar-refractivity contribution in [2.75, 3.05) is 32.2 Å². The molecule has 3 aromatic carbocycles. The van der Waals surface area contributed by atoms with Gasteiger partial charge < -0.3 is 14.2 Å². The zero-order valence-electron chi connectivity index (χ0n) is 21.1. The van der Waals surface area contributed by atoms with Crippen molar-refractivity contribution in [3.05, 3.63) is 76.3 Å². The highest BCUT2D eigenvalue weighted by molar-refractivity contribution is 7.92. The molecule has 3 aromatic rings. The normalized spacial score (nSPS) is 11.3. The fourth-order valence-electron chi connectivity index (χ4n) is 3.50. The van der Waals surface area contributed by atoms with E-state index < -0.39 is 22.5 Å². The molecule has 0 aromatic heterocycles. The summed E-state index contributed by atoms with van der Waals surface area (Å²) in [5.41, 5.74) is 5.12. The highest BCUT2D eigenvalue weighted by Gasteiger charge is 2.27. The van der Waals surface area contributed by atoms with Crippen molar-refractivity contribution >= 4 is 39.4 Å².